The SMILES string of the molecule is CCCCC(CC)C(OP(=O)(O)O)([Si](C)(C)C)[Si](C)(C)C. The molecule has 0 radical (unpaired) electrons. The summed E-state index contributed by atoms with van der Waals surface area (Å²) in [5.74, 6) is 0.225. The second kappa shape index (κ2) is 7.41. The van der Waals surface area contributed by atoms with Crippen LogP contribution < -0.4 is 0 Å². The van der Waals surface area contributed by atoms with Gasteiger partial charge in [0.2, 0.25) is 0 Å². The van der Waals surface area contributed by atoms with Crippen molar-refractivity contribution in [2.45, 2.75) is 83.7 Å². The lowest BCUT2D eigenvalue weighted by Gasteiger charge is -2.55. The van der Waals surface area contributed by atoms with Crippen molar-refractivity contribution in [2.75, 3.05) is 0 Å². The molecule has 1 atom stereocenters. The third-order valence-corrected chi connectivity index (χ3v) is 15.3. The zero-order chi connectivity index (χ0) is 17.1. The number of hydrogen-bond acceptors (Lipinski definition) is 2. The van der Waals surface area contributed by atoms with E-state index in [2.05, 4.69) is 53.1 Å². The summed E-state index contributed by atoms with van der Waals surface area (Å²) in [7, 11) is -8.45. The van der Waals surface area contributed by atoms with Crippen molar-refractivity contribution < 1.29 is 18.9 Å². The molecule has 0 bridgehead atoms. The number of unbranched alkanes of at least 4 members (excludes halogenated alkanes) is 1. The largest absolute Gasteiger partial charge is 0.469 e. The van der Waals surface area contributed by atoms with Gasteiger partial charge in [0.25, 0.3) is 0 Å². The highest BCUT2D eigenvalue weighted by atomic mass is 31.2. The smallest absolute Gasteiger partial charge is 0.303 e. The molecule has 0 aliphatic carbocycles. The maximum absolute atomic E-state index is 11.8. The lowest BCUT2D eigenvalue weighted by Crippen LogP contribution is -2.71. The van der Waals surface area contributed by atoms with E-state index in [-0.39, 0.29) is 5.92 Å². The molecule has 0 aliphatic heterocycles. The molecule has 0 heterocycles. The van der Waals surface area contributed by atoms with Crippen LogP contribution in [0.1, 0.15) is 39.5 Å². The summed E-state index contributed by atoms with van der Waals surface area (Å²) in [6, 6.07) is 0. The molecule has 0 fully saturated rings. The summed E-state index contributed by atoms with van der Waals surface area (Å²) in [6.07, 6.45) is 4.08. The molecule has 1 unspecified atom stereocenters. The molecule has 128 valence electrons. The van der Waals surface area contributed by atoms with E-state index in [9.17, 15) is 14.4 Å². The van der Waals surface area contributed by atoms with E-state index in [0.29, 0.717) is 0 Å². The average Bonchev–Trinajstić information content (AvgIpc) is 2.23. The van der Waals surface area contributed by atoms with Gasteiger partial charge in [-0.25, -0.2) is 4.57 Å². The van der Waals surface area contributed by atoms with Gasteiger partial charge < -0.3 is 9.79 Å². The van der Waals surface area contributed by atoms with Gasteiger partial charge in [-0.15, -0.1) is 0 Å². The fourth-order valence-electron chi connectivity index (χ4n) is 4.03. The molecular weight excluding hydrogens is 319 g/mol. The van der Waals surface area contributed by atoms with Crippen LogP contribution in [0.25, 0.3) is 0 Å². The van der Waals surface area contributed by atoms with Crippen molar-refractivity contribution in [3.8, 4) is 0 Å². The predicted molar refractivity (Wildman–Crippen MR) is 95.9 cm³/mol. The zero-order valence-electron chi connectivity index (χ0n) is 15.1. The molecule has 0 aliphatic rings. The molecule has 21 heavy (non-hydrogen) atoms. The molecular formula is C14H35O4PSi2. The fourth-order valence-corrected chi connectivity index (χ4v) is 19.6. The van der Waals surface area contributed by atoms with Crippen molar-refractivity contribution in [1.82, 2.24) is 0 Å². The highest BCUT2D eigenvalue weighted by Crippen LogP contribution is 2.53. The lowest BCUT2D eigenvalue weighted by molar-refractivity contribution is 0.0887. The number of rotatable bonds is 9. The maximum atomic E-state index is 11.8. The van der Waals surface area contributed by atoms with Crippen LogP contribution in [-0.4, -0.2) is 30.8 Å². The first kappa shape index (κ1) is 21.5. The molecule has 0 aromatic heterocycles. The molecule has 0 rings (SSSR count). The minimum absolute atomic E-state index is 0.225. The van der Waals surface area contributed by atoms with Gasteiger partial charge in [0.05, 0.1) is 21.0 Å². The number of phosphoric ester groups is 1. The highest BCUT2D eigenvalue weighted by molar-refractivity contribution is 7.46. The zero-order valence-corrected chi connectivity index (χ0v) is 18.0. The van der Waals surface area contributed by atoms with E-state index in [0.717, 1.165) is 25.7 Å². The van der Waals surface area contributed by atoms with E-state index in [1.54, 1.807) is 0 Å². The molecule has 0 saturated heterocycles. The van der Waals surface area contributed by atoms with E-state index < -0.39 is 28.8 Å². The molecule has 4 nitrogen and oxygen atoms in total. The molecule has 0 saturated carbocycles. The highest BCUT2D eigenvalue weighted by Gasteiger charge is 2.60. The van der Waals surface area contributed by atoms with Crippen LogP contribution in [-0.2, 0) is 9.09 Å². The van der Waals surface area contributed by atoms with Crippen LogP contribution >= 0.6 is 7.82 Å². The van der Waals surface area contributed by atoms with Crippen molar-refractivity contribution >= 4 is 24.0 Å². The predicted octanol–water partition coefficient (Wildman–Crippen LogP) is 4.81. The van der Waals surface area contributed by atoms with E-state index in [1.807, 2.05) is 0 Å². The van der Waals surface area contributed by atoms with Crippen LogP contribution in [0.2, 0.25) is 39.3 Å². The Labute approximate surface area is 132 Å². The van der Waals surface area contributed by atoms with Gasteiger partial charge in [0.15, 0.2) is 0 Å². The van der Waals surface area contributed by atoms with Crippen molar-refractivity contribution in [2.24, 2.45) is 5.92 Å². The Bertz CT molecular complexity index is 354. The van der Waals surface area contributed by atoms with Gasteiger partial charge in [0.1, 0.15) is 0 Å². The fraction of sp³-hybridized carbons (Fsp3) is 1.00. The Hall–Kier alpha value is 0.544. The van der Waals surface area contributed by atoms with Crippen molar-refractivity contribution in [1.29, 1.82) is 0 Å². The Balaban J connectivity index is 6.08. The Morgan fingerprint density at radius 2 is 1.48 bits per heavy atom. The van der Waals surface area contributed by atoms with Gasteiger partial charge in [-0.1, -0.05) is 72.4 Å². The molecule has 2 N–H and O–H groups in total. The van der Waals surface area contributed by atoms with Gasteiger partial charge in [-0.3, -0.25) is 4.52 Å². The van der Waals surface area contributed by atoms with E-state index in [1.165, 1.54) is 0 Å². The quantitative estimate of drug-likeness (QED) is 0.461. The molecule has 0 aromatic carbocycles. The normalized spacial score (nSPS) is 16.1. The lowest BCUT2D eigenvalue weighted by atomic mass is 10.00. The molecule has 0 spiro atoms. The number of phosphoric acid groups is 1. The molecule has 0 aromatic rings. The van der Waals surface area contributed by atoms with Crippen molar-refractivity contribution in [3.05, 3.63) is 0 Å². The summed E-state index contributed by atoms with van der Waals surface area (Å²) in [4.78, 5) is 18.6. The van der Waals surface area contributed by atoms with Crippen LogP contribution in [0, 0.1) is 5.92 Å². The average molecular weight is 355 g/mol. The summed E-state index contributed by atoms with van der Waals surface area (Å²) in [5.41, 5.74) is 0. The van der Waals surface area contributed by atoms with Crippen LogP contribution in [0.3, 0.4) is 0 Å². The van der Waals surface area contributed by atoms with Crippen LogP contribution in [0.4, 0.5) is 0 Å². The summed E-state index contributed by atoms with van der Waals surface area (Å²) < 4.78 is 17.4. The molecule has 7 heteroatoms. The van der Waals surface area contributed by atoms with Gasteiger partial charge in [-0.2, -0.15) is 0 Å². The van der Waals surface area contributed by atoms with E-state index >= 15 is 0 Å². The standard InChI is InChI=1S/C14H35O4PSi2/c1-9-11-12-13(10-2)14(20(3,4)5,21(6,7)8)18-19(15,16)17/h13H,9-12H2,1-8H3,(H2,15,16,17). The Morgan fingerprint density at radius 3 is 1.71 bits per heavy atom. The first-order valence-corrected chi connectivity index (χ1v) is 16.5. The first-order valence-electron chi connectivity index (χ1n) is 7.99. The Kier molecular flexibility index (Phi) is 7.60. The maximum Gasteiger partial charge on any atom is 0.469 e. The van der Waals surface area contributed by atoms with Gasteiger partial charge >= 0.3 is 7.82 Å². The topological polar surface area (TPSA) is 66.8 Å². The second-order valence-electron chi connectivity index (χ2n) is 8.06. The van der Waals surface area contributed by atoms with Crippen LogP contribution in [0.15, 0.2) is 0 Å². The second-order valence-corrected chi connectivity index (χ2v) is 20.2. The van der Waals surface area contributed by atoms with Gasteiger partial charge in [0, 0.05) is 0 Å². The summed E-state index contributed by atoms with van der Waals surface area (Å²) in [6.45, 7) is 17.4. The minimum Gasteiger partial charge on any atom is -0.303 e. The summed E-state index contributed by atoms with van der Waals surface area (Å²) in [5, 5.41) is 0. The monoisotopic (exact) mass is 354 g/mol. The first-order chi connectivity index (χ1) is 9.23. The third kappa shape index (κ3) is 5.29. The summed E-state index contributed by atoms with van der Waals surface area (Å²) >= 11 is 0. The van der Waals surface area contributed by atoms with Crippen LogP contribution in [0.5, 0.6) is 0 Å². The Morgan fingerprint density at radius 1 is 1.05 bits per heavy atom. The third-order valence-electron chi connectivity index (χ3n) is 4.47. The number of hydrogen-bond donors (Lipinski definition) is 2. The minimum atomic E-state index is -4.51. The van der Waals surface area contributed by atoms with Gasteiger partial charge in [-0.05, 0) is 12.3 Å². The molecule has 0 amide bonds. The van der Waals surface area contributed by atoms with Crippen molar-refractivity contribution in [3.63, 3.8) is 0 Å². The van der Waals surface area contributed by atoms with E-state index in [4.69, 9.17) is 4.52 Å².